The normalized spacial score (nSPS) is 14.5. The smallest absolute Gasteiger partial charge is 0.156 e. The predicted octanol–water partition coefficient (Wildman–Crippen LogP) is 2.51. The van der Waals surface area contributed by atoms with E-state index < -0.39 is 0 Å². The van der Waals surface area contributed by atoms with E-state index in [-0.39, 0.29) is 0 Å². The Balaban J connectivity index is 1.75. The van der Waals surface area contributed by atoms with Crippen LogP contribution in [0.4, 0.5) is 5.82 Å². The maximum atomic E-state index is 4.81. The van der Waals surface area contributed by atoms with Gasteiger partial charge >= 0.3 is 0 Å². The Hall–Kier alpha value is -2.44. The molecule has 7 nitrogen and oxygen atoms in total. The standard InChI is InChI=1S/C17H23N7/c1-9-13(11(3)23(4)21-9)8-18-17-15-14(10(2)22-24(15)5)19-16(20-17)12-6-7-12/h12H,6-8H2,1-5H3,(H,18,19,20). The fourth-order valence-electron chi connectivity index (χ4n) is 3.25. The third-order valence-corrected chi connectivity index (χ3v) is 4.90. The zero-order valence-electron chi connectivity index (χ0n) is 14.9. The molecule has 0 aliphatic heterocycles. The molecule has 7 heteroatoms. The van der Waals surface area contributed by atoms with Gasteiger partial charge in [0.1, 0.15) is 16.9 Å². The van der Waals surface area contributed by atoms with Crippen LogP contribution < -0.4 is 5.32 Å². The molecule has 4 rings (SSSR count). The predicted molar refractivity (Wildman–Crippen MR) is 93.0 cm³/mol. The maximum absolute atomic E-state index is 4.81. The molecule has 0 spiro atoms. The van der Waals surface area contributed by atoms with Gasteiger partial charge in [-0.3, -0.25) is 9.36 Å². The van der Waals surface area contributed by atoms with Crippen molar-refractivity contribution in [3.05, 3.63) is 28.5 Å². The molecule has 1 N–H and O–H groups in total. The summed E-state index contributed by atoms with van der Waals surface area (Å²) in [5, 5.41) is 12.5. The van der Waals surface area contributed by atoms with Crippen molar-refractivity contribution in [1.29, 1.82) is 0 Å². The van der Waals surface area contributed by atoms with Crippen LogP contribution in [-0.2, 0) is 20.6 Å². The third-order valence-electron chi connectivity index (χ3n) is 4.90. The number of fused-ring (bicyclic) bond motifs is 1. The fraction of sp³-hybridized carbons (Fsp3) is 0.529. The van der Waals surface area contributed by atoms with Gasteiger partial charge in [-0.25, -0.2) is 9.97 Å². The molecule has 3 aromatic rings. The third kappa shape index (κ3) is 2.35. The lowest BCUT2D eigenvalue weighted by atomic mass is 10.2. The highest BCUT2D eigenvalue weighted by Gasteiger charge is 2.28. The molecule has 24 heavy (non-hydrogen) atoms. The van der Waals surface area contributed by atoms with Crippen molar-refractivity contribution < 1.29 is 0 Å². The first kappa shape index (κ1) is 15.1. The van der Waals surface area contributed by atoms with Crippen LogP contribution in [-0.4, -0.2) is 29.5 Å². The van der Waals surface area contributed by atoms with E-state index >= 15 is 0 Å². The maximum Gasteiger partial charge on any atom is 0.156 e. The molecule has 1 fully saturated rings. The van der Waals surface area contributed by atoms with Crippen molar-refractivity contribution in [3.8, 4) is 0 Å². The van der Waals surface area contributed by atoms with Gasteiger partial charge in [-0.05, 0) is 33.6 Å². The lowest BCUT2D eigenvalue weighted by Gasteiger charge is -2.10. The molecular weight excluding hydrogens is 302 g/mol. The van der Waals surface area contributed by atoms with E-state index in [1.165, 1.54) is 24.1 Å². The number of nitrogens with zero attached hydrogens (tertiary/aromatic N) is 6. The minimum Gasteiger partial charge on any atom is -0.364 e. The van der Waals surface area contributed by atoms with Crippen LogP contribution >= 0.6 is 0 Å². The van der Waals surface area contributed by atoms with Crippen molar-refractivity contribution in [2.75, 3.05) is 5.32 Å². The monoisotopic (exact) mass is 325 g/mol. The molecule has 0 bridgehead atoms. The van der Waals surface area contributed by atoms with Crippen LogP contribution in [0.1, 0.15) is 47.2 Å². The summed E-state index contributed by atoms with van der Waals surface area (Å²) in [6.45, 7) is 6.84. The van der Waals surface area contributed by atoms with E-state index in [1.54, 1.807) is 0 Å². The van der Waals surface area contributed by atoms with Gasteiger partial charge in [-0.15, -0.1) is 0 Å². The fourth-order valence-corrected chi connectivity index (χ4v) is 3.25. The lowest BCUT2D eigenvalue weighted by molar-refractivity contribution is 0.730. The van der Waals surface area contributed by atoms with Crippen LogP contribution in [0.25, 0.3) is 11.0 Å². The van der Waals surface area contributed by atoms with Crippen LogP contribution in [0.2, 0.25) is 0 Å². The summed E-state index contributed by atoms with van der Waals surface area (Å²) in [4.78, 5) is 9.57. The molecular formula is C17H23N7. The molecule has 3 aromatic heterocycles. The Morgan fingerprint density at radius 2 is 1.71 bits per heavy atom. The average Bonchev–Trinajstić information content (AvgIpc) is 3.30. The minimum absolute atomic E-state index is 0.511. The Morgan fingerprint density at radius 1 is 1.00 bits per heavy atom. The van der Waals surface area contributed by atoms with E-state index in [2.05, 4.69) is 22.4 Å². The summed E-state index contributed by atoms with van der Waals surface area (Å²) in [5.41, 5.74) is 6.32. The largest absolute Gasteiger partial charge is 0.364 e. The number of hydrogen-bond donors (Lipinski definition) is 1. The van der Waals surface area contributed by atoms with Crippen LogP contribution in [0.3, 0.4) is 0 Å². The molecule has 0 unspecified atom stereocenters. The number of nitrogens with one attached hydrogen (secondary N) is 1. The Morgan fingerprint density at radius 3 is 2.33 bits per heavy atom. The van der Waals surface area contributed by atoms with Crippen LogP contribution in [0, 0.1) is 20.8 Å². The summed E-state index contributed by atoms with van der Waals surface area (Å²) in [6, 6.07) is 0. The summed E-state index contributed by atoms with van der Waals surface area (Å²) in [7, 11) is 3.92. The zero-order valence-corrected chi connectivity index (χ0v) is 14.9. The quantitative estimate of drug-likeness (QED) is 0.798. The number of anilines is 1. The second-order valence-corrected chi connectivity index (χ2v) is 6.74. The summed E-state index contributed by atoms with van der Waals surface area (Å²) < 4.78 is 3.79. The van der Waals surface area contributed by atoms with Crippen molar-refractivity contribution in [3.63, 3.8) is 0 Å². The second kappa shape index (κ2) is 5.29. The molecule has 1 aliphatic rings. The average molecular weight is 325 g/mol. The van der Waals surface area contributed by atoms with E-state index in [0.717, 1.165) is 34.1 Å². The summed E-state index contributed by atoms with van der Waals surface area (Å²) >= 11 is 0. The first-order chi connectivity index (χ1) is 11.5. The first-order valence-corrected chi connectivity index (χ1v) is 8.40. The topological polar surface area (TPSA) is 73.5 Å². The molecule has 1 aliphatic carbocycles. The van der Waals surface area contributed by atoms with Gasteiger partial charge in [-0.1, -0.05) is 0 Å². The molecule has 1 saturated carbocycles. The van der Waals surface area contributed by atoms with Crippen LogP contribution in [0.15, 0.2) is 0 Å². The molecule has 3 heterocycles. The Bertz CT molecular complexity index is 930. The number of hydrogen-bond acceptors (Lipinski definition) is 5. The van der Waals surface area contributed by atoms with Gasteiger partial charge in [0.2, 0.25) is 0 Å². The number of aryl methyl sites for hydroxylation is 4. The van der Waals surface area contributed by atoms with E-state index in [4.69, 9.17) is 9.97 Å². The zero-order chi connectivity index (χ0) is 17.0. The van der Waals surface area contributed by atoms with Crippen molar-refractivity contribution >= 4 is 16.9 Å². The SMILES string of the molecule is Cc1nn(C)c(C)c1CNc1nc(C2CC2)nc2c(C)nn(C)c12. The van der Waals surface area contributed by atoms with Gasteiger partial charge in [0, 0.05) is 37.8 Å². The van der Waals surface area contributed by atoms with Gasteiger partial charge in [0.05, 0.1) is 11.4 Å². The van der Waals surface area contributed by atoms with Crippen LogP contribution in [0.5, 0.6) is 0 Å². The van der Waals surface area contributed by atoms with Gasteiger partial charge < -0.3 is 5.32 Å². The Kier molecular flexibility index (Phi) is 3.33. The molecule has 0 saturated heterocycles. The lowest BCUT2D eigenvalue weighted by Crippen LogP contribution is -2.08. The highest BCUT2D eigenvalue weighted by atomic mass is 15.3. The van der Waals surface area contributed by atoms with Gasteiger partial charge in [0.15, 0.2) is 5.82 Å². The second-order valence-electron chi connectivity index (χ2n) is 6.74. The highest BCUT2D eigenvalue weighted by Crippen LogP contribution is 2.39. The van der Waals surface area contributed by atoms with E-state index in [1.807, 2.05) is 37.3 Å². The Labute approximate surface area is 141 Å². The molecule has 126 valence electrons. The van der Waals surface area contributed by atoms with Crippen molar-refractivity contribution in [2.24, 2.45) is 14.1 Å². The van der Waals surface area contributed by atoms with Crippen molar-refractivity contribution in [2.45, 2.75) is 46.1 Å². The number of aromatic nitrogens is 6. The van der Waals surface area contributed by atoms with Crippen molar-refractivity contribution in [1.82, 2.24) is 29.5 Å². The number of rotatable bonds is 4. The van der Waals surface area contributed by atoms with E-state index in [0.29, 0.717) is 12.5 Å². The molecule has 0 atom stereocenters. The molecule has 0 amide bonds. The first-order valence-electron chi connectivity index (χ1n) is 8.40. The van der Waals surface area contributed by atoms with Gasteiger partial charge in [-0.2, -0.15) is 10.2 Å². The summed E-state index contributed by atoms with van der Waals surface area (Å²) in [6.07, 6.45) is 2.37. The van der Waals surface area contributed by atoms with Gasteiger partial charge in [0.25, 0.3) is 0 Å². The van der Waals surface area contributed by atoms with E-state index in [9.17, 15) is 0 Å². The molecule has 0 aromatic carbocycles. The summed E-state index contributed by atoms with van der Waals surface area (Å²) in [5.74, 6) is 2.32. The molecule has 0 radical (unpaired) electrons. The highest BCUT2D eigenvalue weighted by molar-refractivity contribution is 5.87. The minimum atomic E-state index is 0.511.